The first kappa shape index (κ1) is 24.7. The van der Waals surface area contributed by atoms with Gasteiger partial charge >= 0.3 is 6.18 Å². The van der Waals surface area contributed by atoms with E-state index >= 15 is 0 Å². The number of nitrogens with zero attached hydrogens (tertiary/aromatic N) is 5. The summed E-state index contributed by atoms with van der Waals surface area (Å²) in [6, 6.07) is 7.33. The molecule has 0 radical (unpaired) electrons. The van der Waals surface area contributed by atoms with Crippen molar-refractivity contribution in [1.29, 1.82) is 0 Å². The highest BCUT2D eigenvalue weighted by Crippen LogP contribution is 2.43. The Hall–Kier alpha value is -3.97. The number of nitrogens with one attached hydrogen (secondary N) is 1. The summed E-state index contributed by atoms with van der Waals surface area (Å²) < 4.78 is 71.4. The molecule has 0 saturated carbocycles. The molecule has 13 heteroatoms. The van der Waals surface area contributed by atoms with E-state index in [0.717, 1.165) is 35.7 Å². The maximum absolute atomic E-state index is 14.7. The predicted molar refractivity (Wildman–Crippen MR) is 130 cm³/mol. The van der Waals surface area contributed by atoms with E-state index in [9.17, 15) is 22.0 Å². The molecule has 5 aromatic rings. The Morgan fingerprint density at radius 1 is 1.08 bits per heavy atom. The van der Waals surface area contributed by atoms with E-state index in [0.29, 0.717) is 33.6 Å². The molecular formula is C24H18F5N7S. The predicted octanol–water partition coefficient (Wildman–Crippen LogP) is 5.57. The third-order valence-corrected chi connectivity index (χ3v) is 6.80. The third-order valence-electron chi connectivity index (χ3n) is 5.61. The summed E-state index contributed by atoms with van der Waals surface area (Å²) in [7, 11) is 0. The van der Waals surface area contributed by atoms with Crippen LogP contribution >= 0.6 is 11.3 Å². The molecule has 0 bridgehead atoms. The van der Waals surface area contributed by atoms with Crippen LogP contribution in [0.15, 0.2) is 61.1 Å². The normalized spacial score (nSPS) is 12.7. The molecule has 0 saturated heterocycles. The number of anilines is 1. The van der Waals surface area contributed by atoms with Crippen molar-refractivity contribution >= 4 is 27.4 Å². The molecule has 3 aromatic heterocycles. The summed E-state index contributed by atoms with van der Waals surface area (Å²) in [5.74, 6) is -1.18. The molecule has 3 N–H and O–H groups in total. The summed E-state index contributed by atoms with van der Waals surface area (Å²) in [6.07, 6.45) is -0.439. The van der Waals surface area contributed by atoms with E-state index < -0.39 is 23.9 Å². The number of thiophene rings is 1. The van der Waals surface area contributed by atoms with Gasteiger partial charge in [0.2, 0.25) is 5.95 Å². The fourth-order valence-corrected chi connectivity index (χ4v) is 5.04. The largest absolute Gasteiger partial charge is 0.407 e. The molecule has 0 amide bonds. The van der Waals surface area contributed by atoms with E-state index in [1.807, 2.05) is 0 Å². The molecule has 7 nitrogen and oxygen atoms in total. The zero-order chi connectivity index (χ0) is 26.2. The third kappa shape index (κ3) is 5.13. The maximum Gasteiger partial charge on any atom is 0.407 e. The highest BCUT2D eigenvalue weighted by Gasteiger charge is 2.39. The van der Waals surface area contributed by atoms with Gasteiger partial charge in [0.15, 0.2) is 5.82 Å². The van der Waals surface area contributed by atoms with Crippen LogP contribution in [0.2, 0.25) is 0 Å². The monoisotopic (exact) mass is 531 g/mol. The molecule has 0 aliphatic heterocycles. The Labute approximate surface area is 210 Å². The minimum Gasteiger partial charge on any atom is -0.352 e. The van der Waals surface area contributed by atoms with E-state index in [1.54, 1.807) is 41.3 Å². The lowest BCUT2D eigenvalue weighted by Crippen LogP contribution is -2.29. The van der Waals surface area contributed by atoms with E-state index in [-0.39, 0.29) is 22.8 Å². The molecule has 3 heterocycles. The average Bonchev–Trinajstić information content (AvgIpc) is 3.54. The number of benzene rings is 2. The van der Waals surface area contributed by atoms with Crippen LogP contribution in [0, 0.1) is 11.6 Å². The van der Waals surface area contributed by atoms with Crippen molar-refractivity contribution < 1.29 is 22.0 Å². The molecule has 37 heavy (non-hydrogen) atoms. The molecule has 5 rings (SSSR count). The number of alkyl halides is 3. The molecule has 0 fully saturated rings. The molecule has 0 spiro atoms. The second kappa shape index (κ2) is 9.82. The smallest absolute Gasteiger partial charge is 0.352 e. The lowest BCUT2D eigenvalue weighted by molar-refractivity contribution is -0.149. The van der Waals surface area contributed by atoms with Gasteiger partial charge in [-0.2, -0.15) is 13.2 Å². The zero-order valence-electron chi connectivity index (χ0n) is 18.9. The summed E-state index contributed by atoms with van der Waals surface area (Å²) >= 11 is 1.13. The fraction of sp³-hybridized carbons (Fsp3) is 0.167. The molecule has 0 aliphatic rings. The van der Waals surface area contributed by atoms with Crippen molar-refractivity contribution in [3.8, 4) is 21.7 Å². The molecular weight excluding hydrogens is 513 g/mol. The lowest BCUT2D eigenvalue weighted by Gasteiger charge is -2.20. The Bertz CT molecular complexity index is 1550. The summed E-state index contributed by atoms with van der Waals surface area (Å²) in [5.41, 5.74) is 5.61. The van der Waals surface area contributed by atoms with Crippen molar-refractivity contribution in [3.05, 3.63) is 78.3 Å². The van der Waals surface area contributed by atoms with Crippen molar-refractivity contribution in [2.24, 2.45) is 5.73 Å². The van der Waals surface area contributed by atoms with Crippen molar-refractivity contribution in [2.75, 3.05) is 11.9 Å². The first-order valence-corrected chi connectivity index (χ1v) is 11.8. The first-order valence-electron chi connectivity index (χ1n) is 11.0. The Morgan fingerprint density at radius 3 is 2.68 bits per heavy atom. The number of hydrogen-bond acceptors (Lipinski definition) is 7. The van der Waals surface area contributed by atoms with E-state index in [4.69, 9.17) is 5.73 Å². The van der Waals surface area contributed by atoms with Crippen LogP contribution in [0.4, 0.5) is 27.9 Å². The van der Waals surface area contributed by atoms with Crippen LogP contribution in [0.3, 0.4) is 0 Å². The maximum atomic E-state index is 14.7. The van der Waals surface area contributed by atoms with Gasteiger partial charge in [-0.3, -0.25) is 4.68 Å². The number of nitrogens with two attached hydrogens (primary N) is 1. The molecule has 1 atom stereocenters. The quantitative estimate of drug-likeness (QED) is 0.267. The highest BCUT2D eigenvalue weighted by atomic mass is 32.1. The van der Waals surface area contributed by atoms with Crippen LogP contribution in [0.5, 0.6) is 0 Å². The topological polar surface area (TPSA) is 94.5 Å². The summed E-state index contributed by atoms with van der Waals surface area (Å²) in [6.45, 7) is 0.894. The van der Waals surface area contributed by atoms with Gasteiger partial charge in [-0.1, -0.05) is 29.5 Å². The Balaban J connectivity index is 1.52. The van der Waals surface area contributed by atoms with Crippen LogP contribution in [0.1, 0.15) is 11.6 Å². The van der Waals surface area contributed by atoms with Crippen LogP contribution < -0.4 is 11.1 Å². The van der Waals surface area contributed by atoms with Crippen molar-refractivity contribution in [3.63, 3.8) is 0 Å². The second-order valence-electron chi connectivity index (χ2n) is 8.07. The number of aromatic nitrogens is 5. The minimum absolute atomic E-state index is 0.0162. The van der Waals surface area contributed by atoms with Gasteiger partial charge in [0.1, 0.15) is 17.6 Å². The van der Waals surface area contributed by atoms with Gasteiger partial charge in [-0.05, 0) is 40.3 Å². The van der Waals surface area contributed by atoms with Gasteiger partial charge in [-0.15, -0.1) is 16.4 Å². The Kier molecular flexibility index (Phi) is 6.56. The number of halogens is 5. The van der Waals surface area contributed by atoms with Crippen LogP contribution in [0.25, 0.3) is 31.8 Å². The number of fused-ring (bicyclic) bond motifs is 1. The number of rotatable bonds is 7. The van der Waals surface area contributed by atoms with Gasteiger partial charge in [-0.25, -0.2) is 18.7 Å². The minimum atomic E-state index is -4.72. The SMILES string of the molecule is N[C@@H](c1ccc(F)cc1-c1cccc2cc(-c3nc(NCCn4ccnn4)ncc3F)sc12)C(F)(F)F. The van der Waals surface area contributed by atoms with Gasteiger partial charge in [0.25, 0.3) is 0 Å². The summed E-state index contributed by atoms with van der Waals surface area (Å²) in [4.78, 5) is 8.69. The molecule has 0 aliphatic carbocycles. The number of hydrogen-bond donors (Lipinski definition) is 2. The fourth-order valence-electron chi connectivity index (χ4n) is 3.86. The van der Waals surface area contributed by atoms with Gasteiger partial charge in [0, 0.05) is 17.4 Å². The first-order chi connectivity index (χ1) is 17.7. The standard InChI is InChI=1S/C24H18F5N7S/c25-14-4-5-16(22(30)24(27,28)29)17(11-14)15-3-1-2-13-10-19(37-21(13)15)20-18(26)12-32-23(34-20)31-6-8-36-9-7-33-35-36/h1-5,7,9-12,22H,6,8,30H2,(H,31,32,34)/t22-/m0/s1. The van der Waals surface area contributed by atoms with Crippen molar-refractivity contribution in [1.82, 2.24) is 25.0 Å². The van der Waals surface area contributed by atoms with Gasteiger partial charge < -0.3 is 11.1 Å². The molecule has 0 unspecified atom stereocenters. The van der Waals surface area contributed by atoms with Gasteiger partial charge in [0.05, 0.1) is 23.8 Å². The van der Waals surface area contributed by atoms with Crippen LogP contribution in [-0.4, -0.2) is 37.7 Å². The Morgan fingerprint density at radius 2 is 1.92 bits per heavy atom. The van der Waals surface area contributed by atoms with E-state index in [2.05, 4.69) is 25.6 Å². The van der Waals surface area contributed by atoms with E-state index in [1.165, 1.54) is 0 Å². The lowest BCUT2D eigenvalue weighted by atomic mass is 9.94. The van der Waals surface area contributed by atoms with Crippen molar-refractivity contribution in [2.45, 2.75) is 18.8 Å². The summed E-state index contributed by atoms with van der Waals surface area (Å²) in [5, 5.41) is 11.2. The second-order valence-corrected chi connectivity index (χ2v) is 9.12. The zero-order valence-corrected chi connectivity index (χ0v) is 19.7. The van der Waals surface area contributed by atoms with Crippen LogP contribution in [-0.2, 0) is 6.54 Å². The molecule has 2 aromatic carbocycles. The average molecular weight is 532 g/mol. The molecule has 190 valence electrons. The highest BCUT2D eigenvalue weighted by molar-refractivity contribution is 7.22.